The van der Waals surface area contributed by atoms with E-state index in [-0.39, 0.29) is 97.1 Å². The molecule has 59 heavy (non-hydrogen) atoms. The Kier molecular flexibility index (Phi) is 13.4. The van der Waals surface area contributed by atoms with Crippen molar-refractivity contribution in [3.8, 4) is 5.75 Å². The first kappa shape index (κ1) is 45.3. The van der Waals surface area contributed by atoms with E-state index in [9.17, 15) is 48.5 Å². The standard InChI is InChI=1S/C35H26Cl2N6O12S3.Na/c1-2-55-29-16-27(40-41-28-14-26(37)30(15-25(28)36)57(49,50)51)24-13-21(56(46,47)48)8-10-23(24)32(29)42-43-33-31(58(52,53)54)12-18-11-20(7-9-22(18)34(33)44)39-35(45)17-3-5-19(38)6-4-17;/h3-16,42H,2,38H2,1H3,(H,39,45)(H,46,47,48)(H,49,50,51)(H,52,53,54);/q;+1/b41-40?,43-33+;. The van der Waals surface area contributed by atoms with Crippen LogP contribution >= 0.6 is 23.2 Å². The predicted octanol–water partition coefficient (Wildman–Crippen LogP) is 4.19. The van der Waals surface area contributed by atoms with Crippen LogP contribution in [0.3, 0.4) is 0 Å². The number of carbonyl (C=O) groups excluding carboxylic acids is 2. The van der Waals surface area contributed by atoms with Crippen LogP contribution in [0.1, 0.15) is 33.2 Å². The van der Waals surface area contributed by atoms with Crippen LogP contribution in [0.4, 0.5) is 28.4 Å². The maximum absolute atomic E-state index is 13.8. The minimum atomic E-state index is -5.13. The number of hydrogen-bond acceptors (Lipinski definition) is 14. The third kappa shape index (κ3) is 9.99. The number of Topliss-reactive ketones (excluding diaryl/α,β-unsaturated/α-hetero) is 1. The van der Waals surface area contributed by atoms with Gasteiger partial charge in [-0.05, 0) is 85.3 Å². The molecular formula is C35H26Cl2N6NaO12S3+. The van der Waals surface area contributed by atoms with Gasteiger partial charge in [-0.15, -0.1) is 10.2 Å². The Morgan fingerprint density at radius 1 is 0.797 bits per heavy atom. The minimum absolute atomic E-state index is 0. The van der Waals surface area contributed by atoms with Crippen molar-refractivity contribution in [1.29, 1.82) is 0 Å². The molecule has 0 aromatic heterocycles. The quantitative estimate of drug-likeness (QED) is 0.0356. The summed E-state index contributed by atoms with van der Waals surface area (Å²) in [6, 6.07) is 16.4. The average molecular weight is 913 g/mol. The number of nitrogens with zero attached hydrogens (tertiary/aromatic N) is 3. The molecule has 0 fully saturated rings. The van der Waals surface area contributed by atoms with Gasteiger partial charge >= 0.3 is 29.6 Å². The first-order valence-electron chi connectivity index (χ1n) is 16.1. The number of halogens is 2. The van der Waals surface area contributed by atoms with Crippen molar-refractivity contribution in [3.63, 3.8) is 0 Å². The molecule has 6 rings (SSSR count). The van der Waals surface area contributed by atoms with Gasteiger partial charge in [0, 0.05) is 39.3 Å². The second-order valence-corrected chi connectivity index (χ2v) is 17.1. The van der Waals surface area contributed by atoms with Crippen LogP contribution < -0.4 is 50.8 Å². The normalized spacial score (nSPS) is 13.8. The van der Waals surface area contributed by atoms with E-state index in [0.29, 0.717) is 5.69 Å². The molecule has 0 heterocycles. The van der Waals surface area contributed by atoms with Gasteiger partial charge in [0.15, 0.2) is 5.71 Å². The number of hydrogen-bond donors (Lipinski definition) is 6. The zero-order valence-corrected chi connectivity index (χ0v) is 36.2. The summed E-state index contributed by atoms with van der Waals surface area (Å²) in [6.07, 6.45) is 0.981. The van der Waals surface area contributed by atoms with E-state index in [1.54, 1.807) is 6.92 Å². The van der Waals surface area contributed by atoms with E-state index < -0.39 is 67.5 Å². The fourth-order valence-corrected chi connectivity index (χ4v) is 8.01. The predicted molar refractivity (Wildman–Crippen MR) is 216 cm³/mol. The maximum Gasteiger partial charge on any atom is 1.00 e. The average Bonchev–Trinajstić information content (AvgIpc) is 3.14. The van der Waals surface area contributed by atoms with E-state index >= 15 is 0 Å². The van der Waals surface area contributed by atoms with Gasteiger partial charge in [-0.25, -0.2) is 0 Å². The summed E-state index contributed by atoms with van der Waals surface area (Å²) in [4.78, 5) is 24.4. The second-order valence-electron chi connectivity index (χ2n) is 12.1. The Morgan fingerprint density at radius 3 is 2.10 bits per heavy atom. The maximum atomic E-state index is 13.8. The number of rotatable bonds is 11. The molecule has 5 aromatic rings. The number of allylic oxidation sites excluding steroid dienone is 1. The minimum Gasteiger partial charge on any atom is -0.492 e. The molecule has 0 aliphatic heterocycles. The number of benzene rings is 5. The van der Waals surface area contributed by atoms with Crippen LogP contribution in [0.5, 0.6) is 5.75 Å². The van der Waals surface area contributed by atoms with E-state index in [1.807, 2.05) is 0 Å². The van der Waals surface area contributed by atoms with E-state index in [1.165, 1.54) is 54.6 Å². The Balaban J connectivity index is 0.00000661. The first-order valence-corrected chi connectivity index (χ1v) is 21.2. The molecule has 0 radical (unpaired) electrons. The van der Waals surface area contributed by atoms with Crippen molar-refractivity contribution in [3.05, 3.63) is 111 Å². The molecule has 0 spiro atoms. The molecule has 300 valence electrons. The third-order valence-electron chi connectivity index (χ3n) is 8.21. The Hall–Kier alpha value is -4.78. The number of amides is 1. The van der Waals surface area contributed by atoms with Gasteiger partial charge in [-0.2, -0.15) is 30.4 Å². The molecule has 1 amide bonds. The van der Waals surface area contributed by atoms with Crippen molar-refractivity contribution in [2.24, 2.45) is 15.3 Å². The topological polar surface area (TPSA) is 294 Å². The molecule has 24 heteroatoms. The summed E-state index contributed by atoms with van der Waals surface area (Å²) in [5.74, 6) is -1.53. The third-order valence-corrected chi connectivity index (χ3v) is 11.6. The Morgan fingerprint density at radius 2 is 1.47 bits per heavy atom. The summed E-state index contributed by atoms with van der Waals surface area (Å²) in [5.41, 5.74) is 8.01. The molecular weight excluding hydrogens is 887 g/mol. The van der Waals surface area contributed by atoms with Gasteiger partial charge in [-0.3, -0.25) is 28.7 Å². The van der Waals surface area contributed by atoms with Crippen molar-refractivity contribution < 1.29 is 82.8 Å². The van der Waals surface area contributed by atoms with Crippen LogP contribution in [0.15, 0.2) is 109 Å². The number of fused-ring (bicyclic) bond motifs is 2. The number of nitrogens with one attached hydrogen (secondary N) is 2. The fraction of sp³-hybridized carbons (Fsp3) is 0.0571. The summed E-state index contributed by atoms with van der Waals surface area (Å²) in [7, 11) is -14.7. The molecule has 0 saturated heterocycles. The van der Waals surface area contributed by atoms with Crippen LogP contribution in [-0.4, -0.2) is 62.9 Å². The molecule has 1 aliphatic carbocycles. The summed E-state index contributed by atoms with van der Waals surface area (Å²) in [5, 5.41) is 14.1. The first-order chi connectivity index (χ1) is 27.1. The van der Waals surface area contributed by atoms with Gasteiger partial charge in [0.1, 0.15) is 26.9 Å². The van der Waals surface area contributed by atoms with Gasteiger partial charge in [0.25, 0.3) is 36.3 Å². The van der Waals surface area contributed by atoms with E-state index in [4.69, 9.17) is 33.7 Å². The smallest absolute Gasteiger partial charge is 0.492 e. The van der Waals surface area contributed by atoms with Gasteiger partial charge in [0.2, 0.25) is 5.78 Å². The zero-order chi connectivity index (χ0) is 42.3. The van der Waals surface area contributed by atoms with Crippen LogP contribution in [0, 0.1) is 0 Å². The number of azo groups is 1. The van der Waals surface area contributed by atoms with Crippen molar-refractivity contribution in [2.75, 3.05) is 23.1 Å². The summed E-state index contributed by atoms with van der Waals surface area (Å²) < 4.78 is 108. The van der Waals surface area contributed by atoms with E-state index in [2.05, 4.69) is 26.1 Å². The zero-order valence-electron chi connectivity index (χ0n) is 30.2. The van der Waals surface area contributed by atoms with Crippen LogP contribution in [0.25, 0.3) is 16.8 Å². The Bertz CT molecular complexity index is 3020. The number of nitrogen functional groups attached to an aromatic ring is 1. The molecule has 0 saturated carbocycles. The van der Waals surface area contributed by atoms with Crippen molar-refractivity contribution in [2.45, 2.75) is 16.7 Å². The van der Waals surface area contributed by atoms with Crippen LogP contribution in [-0.2, 0) is 30.4 Å². The number of ether oxygens (including phenoxy) is 1. The molecule has 5 aromatic carbocycles. The molecule has 7 N–H and O–H groups in total. The van der Waals surface area contributed by atoms with Crippen molar-refractivity contribution >= 4 is 116 Å². The van der Waals surface area contributed by atoms with Gasteiger partial charge in [-0.1, -0.05) is 29.3 Å². The summed E-state index contributed by atoms with van der Waals surface area (Å²) in [6.45, 7) is 1.61. The molecule has 0 atom stereocenters. The number of hydrazone groups is 1. The largest absolute Gasteiger partial charge is 1.00 e. The van der Waals surface area contributed by atoms with Crippen LogP contribution in [0.2, 0.25) is 10.0 Å². The van der Waals surface area contributed by atoms with Gasteiger partial charge < -0.3 is 15.8 Å². The number of anilines is 3. The van der Waals surface area contributed by atoms with E-state index in [0.717, 1.165) is 30.3 Å². The molecule has 1 aliphatic rings. The Labute approximate surface area is 367 Å². The molecule has 18 nitrogen and oxygen atoms in total. The van der Waals surface area contributed by atoms with Crippen molar-refractivity contribution in [1.82, 2.24) is 0 Å². The molecule has 0 bridgehead atoms. The second kappa shape index (κ2) is 17.4. The number of ketones is 1. The summed E-state index contributed by atoms with van der Waals surface area (Å²) >= 11 is 12.2. The fourth-order valence-electron chi connectivity index (χ4n) is 5.56. The SMILES string of the molecule is CCOc1cc(N=Nc2cc(Cl)c(S(=O)(=O)O)cc2Cl)c2cc(S(=O)(=O)O)ccc2c1N/N=C1/C(=O)c2ccc(NC(=O)c3ccc(N)cc3)cc2C=C1S(=O)(=O)O.[Na+]. The monoisotopic (exact) mass is 911 g/mol. The number of nitrogens with two attached hydrogens (primary N) is 1. The molecule has 0 unspecified atom stereocenters. The number of carbonyl (C=O) groups is 2. The van der Waals surface area contributed by atoms with Gasteiger partial charge in [0.05, 0.1) is 27.2 Å².